The topological polar surface area (TPSA) is 17.4 Å². The van der Waals surface area contributed by atoms with Gasteiger partial charge in [0.05, 0.1) is 12.6 Å². The number of fused-ring (bicyclic) bond motifs is 1. The van der Waals surface area contributed by atoms with E-state index in [1.807, 2.05) is 0 Å². The van der Waals surface area contributed by atoms with E-state index in [0.717, 1.165) is 18.7 Å². The van der Waals surface area contributed by atoms with Crippen LogP contribution in [0.3, 0.4) is 0 Å². The second-order valence-corrected chi connectivity index (χ2v) is 6.78. The van der Waals surface area contributed by atoms with Gasteiger partial charge >= 0.3 is 0 Å². The van der Waals surface area contributed by atoms with E-state index in [-0.39, 0.29) is 0 Å². The van der Waals surface area contributed by atoms with Crippen LogP contribution in [0.4, 0.5) is 0 Å². The lowest BCUT2D eigenvalue weighted by Gasteiger charge is -2.11. The number of benzene rings is 1. The number of nitrogens with zero attached hydrogens (tertiary/aromatic N) is 2. The molecule has 116 valence electrons. The molecule has 2 aromatic heterocycles. The normalized spacial score (nSPS) is 11.5. The Hall–Kier alpha value is -1.78. The van der Waals surface area contributed by atoms with Crippen LogP contribution < -0.4 is 4.74 Å². The maximum Gasteiger partial charge on any atom is 0.128 e. The van der Waals surface area contributed by atoms with Gasteiger partial charge in [-0.2, -0.15) is 0 Å². The Kier molecular flexibility index (Phi) is 4.23. The van der Waals surface area contributed by atoms with Crippen molar-refractivity contribution in [3.8, 4) is 16.2 Å². The lowest BCUT2D eigenvalue weighted by molar-refractivity contribution is 0.411. The summed E-state index contributed by atoms with van der Waals surface area (Å²) in [5, 5.41) is 3.37. The third-order valence-corrected chi connectivity index (χ3v) is 4.90. The molecule has 0 N–H and O–H groups in total. The molecule has 0 amide bonds. The van der Waals surface area contributed by atoms with Gasteiger partial charge in [-0.15, -0.1) is 11.3 Å². The van der Waals surface area contributed by atoms with Crippen LogP contribution in [-0.4, -0.2) is 37.2 Å². The van der Waals surface area contributed by atoms with E-state index >= 15 is 0 Å². The molecule has 3 nitrogen and oxygen atoms in total. The van der Waals surface area contributed by atoms with Gasteiger partial charge in [0.25, 0.3) is 0 Å². The Morgan fingerprint density at radius 2 is 2.05 bits per heavy atom. The van der Waals surface area contributed by atoms with Crippen molar-refractivity contribution in [3.05, 3.63) is 41.4 Å². The molecular weight excluding hydrogens is 292 g/mol. The molecule has 2 heterocycles. The minimum atomic E-state index is 0.963. The highest BCUT2D eigenvalue weighted by Gasteiger charge is 2.16. The maximum atomic E-state index is 5.64. The molecule has 0 saturated carbocycles. The minimum absolute atomic E-state index is 0.963. The Labute approximate surface area is 135 Å². The SMILES string of the molecule is COc1ccc(-c2cccs2)c2c1c(CCN(C)C)cn2C. The van der Waals surface area contributed by atoms with E-state index in [2.05, 4.69) is 66.5 Å². The Bertz CT molecular complexity index is 772. The molecule has 0 aliphatic rings. The van der Waals surface area contributed by atoms with Crippen LogP contribution in [0.1, 0.15) is 5.56 Å². The van der Waals surface area contributed by atoms with Crippen LogP contribution in [0.5, 0.6) is 5.75 Å². The van der Waals surface area contributed by atoms with Crippen molar-refractivity contribution >= 4 is 22.2 Å². The van der Waals surface area contributed by atoms with Crippen LogP contribution in [0, 0.1) is 0 Å². The first-order valence-corrected chi connectivity index (χ1v) is 8.33. The van der Waals surface area contributed by atoms with Gasteiger partial charge in [0.1, 0.15) is 5.75 Å². The second-order valence-electron chi connectivity index (χ2n) is 5.83. The van der Waals surface area contributed by atoms with Crippen LogP contribution in [0.25, 0.3) is 21.3 Å². The van der Waals surface area contributed by atoms with E-state index in [0.29, 0.717) is 0 Å². The fourth-order valence-corrected chi connectivity index (χ4v) is 3.70. The molecular formula is C18H22N2OS. The second kappa shape index (κ2) is 6.15. The van der Waals surface area contributed by atoms with Crippen molar-refractivity contribution in [2.24, 2.45) is 7.05 Å². The van der Waals surface area contributed by atoms with Gasteiger partial charge in [0.2, 0.25) is 0 Å². The summed E-state index contributed by atoms with van der Waals surface area (Å²) in [6.07, 6.45) is 3.27. The summed E-state index contributed by atoms with van der Waals surface area (Å²) in [7, 11) is 8.10. The predicted molar refractivity (Wildman–Crippen MR) is 95.0 cm³/mol. The molecule has 0 unspecified atom stereocenters. The van der Waals surface area contributed by atoms with Gasteiger partial charge in [-0.05, 0) is 49.7 Å². The molecule has 0 spiro atoms. The first-order valence-electron chi connectivity index (χ1n) is 7.45. The number of rotatable bonds is 5. The molecule has 0 saturated heterocycles. The summed E-state index contributed by atoms with van der Waals surface area (Å²) in [4.78, 5) is 3.52. The highest BCUT2D eigenvalue weighted by atomic mass is 32.1. The molecule has 4 heteroatoms. The fraction of sp³-hybridized carbons (Fsp3) is 0.333. The van der Waals surface area contributed by atoms with Gasteiger partial charge in [-0.1, -0.05) is 6.07 Å². The molecule has 1 aromatic carbocycles. The third kappa shape index (κ3) is 2.64. The molecule has 3 rings (SSSR count). The lowest BCUT2D eigenvalue weighted by atomic mass is 10.0. The van der Waals surface area contributed by atoms with Gasteiger partial charge in [0, 0.05) is 35.6 Å². The monoisotopic (exact) mass is 314 g/mol. The molecule has 0 fully saturated rings. The molecule has 0 aliphatic heterocycles. The molecule has 0 atom stereocenters. The number of ether oxygens (including phenoxy) is 1. The van der Waals surface area contributed by atoms with Crippen molar-refractivity contribution in [2.45, 2.75) is 6.42 Å². The van der Waals surface area contributed by atoms with Gasteiger partial charge in [-0.25, -0.2) is 0 Å². The van der Waals surface area contributed by atoms with E-state index in [4.69, 9.17) is 4.74 Å². The van der Waals surface area contributed by atoms with Crippen LogP contribution >= 0.6 is 11.3 Å². The van der Waals surface area contributed by atoms with Crippen LogP contribution in [-0.2, 0) is 13.5 Å². The third-order valence-electron chi connectivity index (χ3n) is 4.00. The number of thiophene rings is 1. The zero-order chi connectivity index (χ0) is 15.7. The van der Waals surface area contributed by atoms with E-state index < -0.39 is 0 Å². The predicted octanol–water partition coefficient (Wildman–Crippen LogP) is 4.02. The highest BCUT2D eigenvalue weighted by molar-refractivity contribution is 7.13. The number of likely N-dealkylation sites (N-methyl/N-ethyl adjacent to an activating group) is 1. The summed E-state index contributed by atoms with van der Waals surface area (Å²) in [5.41, 5.74) is 3.89. The van der Waals surface area contributed by atoms with E-state index in [1.54, 1.807) is 18.4 Å². The lowest BCUT2D eigenvalue weighted by Crippen LogP contribution is -2.14. The zero-order valence-corrected chi connectivity index (χ0v) is 14.4. The van der Waals surface area contributed by atoms with E-state index in [9.17, 15) is 0 Å². The zero-order valence-electron chi connectivity index (χ0n) is 13.6. The molecule has 22 heavy (non-hydrogen) atoms. The fourth-order valence-electron chi connectivity index (χ4n) is 2.95. The molecule has 0 radical (unpaired) electrons. The first kappa shape index (κ1) is 15.1. The summed E-state index contributed by atoms with van der Waals surface area (Å²) < 4.78 is 7.87. The van der Waals surface area contributed by atoms with Crippen molar-refractivity contribution in [3.63, 3.8) is 0 Å². The summed E-state index contributed by atoms with van der Waals surface area (Å²) in [5.74, 6) is 0.963. The number of aryl methyl sites for hydroxylation is 1. The van der Waals surface area contributed by atoms with Gasteiger partial charge in [-0.3, -0.25) is 0 Å². The summed E-state index contributed by atoms with van der Waals surface area (Å²) >= 11 is 1.78. The van der Waals surface area contributed by atoms with Gasteiger partial charge in [0.15, 0.2) is 0 Å². The molecule has 0 bridgehead atoms. The Morgan fingerprint density at radius 1 is 1.23 bits per heavy atom. The van der Waals surface area contributed by atoms with Crippen LogP contribution in [0.2, 0.25) is 0 Å². The Balaban J connectivity index is 2.21. The summed E-state index contributed by atoms with van der Waals surface area (Å²) in [6.45, 7) is 1.03. The van der Waals surface area contributed by atoms with Crippen molar-refractivity contribution in [1.82, 2.24) is 9.47 Å². The molecule has 3 aromatic rings. The largest absolute Gasteiger partial charge is 0.496 e. The minimum Gasteiger partial charge on any atom is -0.496 e. The number of methoxy groups -OCH3 is 1. The number of hydrogen-bond acceptors (Lipinski definition) is 3. The van der Waals surface area contributed by atoms with Crippen molar-refractivity contribution in [2.75, 3.05) is 27.7 Å². The van der Waals surface area contributed by atoms with Crippen LogP contribution in [0.15, 0.2) is 35.8 Å². The Morgan fingerprint density at radius 3 is 2.68 bits per heavy atom. The molecule has 0 aliphatic carbocycles. The summed E-state index contributed by atoms with van der Waals surface area (Å²) in [6, 6.07) is 8.55. The van der Waals surface area contributed by atoms with Crippen molar-refractivity contribution in [1.29, 1.82) is 0 Å². The highest BCUT2D eigenvalue weighted by Crippen LogP contribution is 2.39. The maximum absolute atomic E-state index is 5.64. The average molecular weight is 314 g/mol. The van der Waals surface area contributed by atoms with Gasteiger partial charge < -0.3 is 14.2 Å². The average Bonchev–Trinajstić information content (AvgIpc) is 3.13. The standard InChI is InChI=1S/C18H22N2OS/c1-19(2)10-9-13-12-20(3)18-14(16-6-5-11-22-16)7-8-15(21-4)17(13)18/h5-8,11-12H,9-10H2,1-4H3. The van der Waals surface area contributed by atoms with E-state index in [1.165, 1.54) is 26.9 Å². The first-order chi connectivity index (χ1) is 10.6. The van der Waals surface area contributed by atoms with Crippen molar-refractivity contribution < 1.29 is 4.74 Å². The number of hydrogen-bond donors (Lipinski definition) is 0. The smallest absolute Gasteiger partial charge is 0.128 e. The number of aromatic nitrogens is 1. The quantitative estimate of drug-likeness (QED) is 0.708.